The van der Waals surface area contributed by atoms with Gasteiger partial charge in [-0.15, -0.1) is 0 Å². The van der Waals surface area contributed by atoms with E-state index in [1.54, 1.807) is 0 Å². The molecule has 0 aromatic heterocycles. The van der Waals surface area contributed by atoms with Crippen LogP contribution in [-0.4, -0.2) is 96.7 Å². The predicted molar refractivity (Wildman–Crippen MR) is 354 cm³/mol. The molecule has 0 aromatic carbocycles. The fourth-order valence-corrected chi connectivity index (χ4v) is 12.1. The summed E-state index contributed by atoms with van der Waals surface area (Å²) in [6.45, 7) is 4.92. The van der Waals surface area contributed by atoms with Crippen molar-refractivity contribution < 1.29 is 80.2 Å². The maximum absolute atomic E-state index is 13.0. The van der Waals surface area contributed by atoms with E-state index in [0.717, 1.165) is 96.3 Å². The molecule has 0 aliphatic carbocycles. The zero-order chi connectivity index (χ0) is 64.7. The fraction of sp³-hybridized carbons (Fsp3) is 0.942. The average molecular weight is 1300 g/mol. The highest BCUT2D eigenvalue weighted by atomic mass is 31.2. The third-order valence-corrected chi connectivity index (χ3v) is 18.0. The van der Waals surface area contributed by atoms with Gasteiger partial charge in [-0.2, -0.15) is 0 Å². The summed E-state index contributed by atoms with van der Waals surface area (Å²) in [5, 5.41) is 10.6. The number of esters is 4. The van der Waals surface area contributed by atoms with Crippen molar-refractivity contribution in [3.63, 3.8) is 0 Å². The van der Waals surface area contributed by atoms with Gasteiger partial charge in [0.2, 0.25) is 0 Å². The Kier molecular flexibility index (Phi) is 62.4. The molecule has 2 unspecified atom stereocenters. The summed E-state index contributed by atoms with van der Waals surface area (Å²) in [6.07, 6.45) is 51.2. The zero-order valence-electron chi connectivity index (χ0n) is 56.7. The molecule has 0 saturated carbocycles. The van der Waals surface area contributed by atoms with Gasteiger partial charge in [0, 0.05) is 25.7 Å². The van der Waals surface area contributed by atoms with Crippen LogP contribution < -0.4 is 0 Å². The van der Waals surface area contributed by atoms with Crippen molar-refractivity contribution in [2.24, 2.45) is 0 Å². The first kappa shape index (κ1) is 86.1. The molecule has 0 aliphatic rings. The number of hydrogen-bond acceptors (Lipinski definition) is 15. The molecule has 0 heterocycles. The number of carbonyl (C=O) groups excluding carboxylic acids is 4. The van der Waals surface area contributed by atoms with Gasteiger partial charge in [0.05, 0.1) is 26.4 Å². The summed E-state index contributed by atoms with van der Waals surface area (Å²) >= 11 is 0. The lowest BCUT2D eigenvalue weighted by Crippen LogP contribution is -2.30. The van der Waals surface area contributed by atoms with E-state index >= 15 is 0 Å². The molecule has 19 heteroatoms. The third-order valence-electron chi connectivity index (χ3n) is 16.1. The number of unbranched alkanes of at least 4 members (excludes halogenated alkanes) is 44. The maximum Gasteiger partial charge on any atom is 0.472 e. The van der Waals surface area contributed by atoms with Crippen LogP contribution in [0, 0.1) is 0 Å². The summed E-state index contributed by atoms with van der Waals surface area (Å²) < 4.78 is 68.2. The Bertz CT molecular complexity index is 1690. The molecule has 88 heavy (non-hydrogen) atoms. The van der Waals surface area contributed by atoms with E-state index in [2.05, 4.69) is 27.7 Å². The van der Waals surface area contributed by atoms with Crippen LogP contribution in [0.5, 0.6) is 0 Å². The first-order valence-corrected chi connectivity index (χ1v) is 39.3. The van der Waals surface area contributed by atoms with E-state index in [-0.39, 0.29) is 25.7 Å². The maximum atomic E-state index is 13.0. The smallest absolute Gasteiger partial charge is 0.462 e. The monoisotopic (exact) mass is 1300 g/mol. The summed E-state index contributed by atoms with van der Waals surface area (Å²) in [5.74, 6) is -2.12. The molecule has 3 N–H and O–H groups in total. The fourth-order valence-electron chi connectivity index (χ4n) is 10.5. The van der Waals surface area contributed by atoms with Crippen molar-refractivity contribution in [1.82, 2.24) is 0 Å². The minimum Gasteiger partial charge on any atom is -0.462 e. The molecular weight excluding hydrogens is 1160 g/mol. The SMILES string of the molecule is CCCCCCCCCCCCCCCCCCC(=O)O[C@H](COC(=O)CCCCCCCCCCCCCCC)COP(=O)(O)OC[C@@H](O)COP(=O)(O)OC[C@@H](COC(=O)CCCCCCCCCC)OC(=O)CCCCCCCCCCCCC. The first-order valence-electron chi connectivity index (χ1n) is 36.3. The van der Waals surface area contributed by atoms with Crippen molar-refractivity contribution in [1.29, 1.82) is 0 Å². The first-order chi connectivity index (χ1) is 42.7. The molecule has 0 saturated heterocycles. The Morgan fingerprint density at radius 1 is 0.273 bits per heavy atom. The standard InChI is InChI=1S/C69H134O17P2/c1-5-9-13-17-21-25-28-30-31-32-34-37-40-44-48-52-56-69(74)86-65(60-80-67(72)54-50-46-42-38-36-33-29-26-22-18-14-10-6-2)62-84-88(77,78)82-58-63(70)57-81-87(75,76)83-61-64(59-79-66(71)53-49-45-41-24-20-16-12-8-4)85-68(73)55-51-47-43-39-35-27-23-19-15-11-7-3/h63-65,70H,5-62H2,1-4H3,(H,75,76)(H,77,78)/t63-,64+,65+/m0/s1. The highest BCUT2D eigenvalue weighted by Gasteiger charge is 2.30. The van der Waals surface area contributed by atoms with Crippen LogP contribution in [0.3, 0.4) is 0 Å². The highest BCUT2D eigenvalue weighted by molar-refractivity contribution is 7.47. The van der Waals surface area contributed by atoms with E-state index in [4.69, 9.17) is 37.0 Å². The normalized spacial score (nSPS) is 14.0. The number of aliphatic hydroxyl groups excluding tert-OH is 1. The number of rotatable bonds is 70. The van der Waals surface area contributed by atoms with Gasteiger partial charge in [0.25, 0.3) is 0 Å². The lowest BCUT2D eigenvalue weighted by atomic mass is 10.0. The van der Waals surface area contributed by atoms with E-state index in [1.165, 1.54) is 186 Å². The second-order valence-corrected chi connectivity index (χ2v) is 27.8. The average Bonchev–Trinajstić information content (AvgIpc) is 3.70. The predicted octanol–water partition coefficient (Wildman–Crippen LogP) is 19.9. The zero-order valence-corrected chi connectivity index (χ0v) is 58.5. The molecule has 522 valence electrons. The van der Waals surface area contributed by atoms with Crippen molar-refractivity contribution >= 4 is 39.5 Å². The second-order valence-electron chi connectivity index (χ2n) is 24.9. The van der Waals surface area contributed by atoms with E-state index < -0.39 is 97.5 Å². The van der Waals surface area contributed by atoms with Gasteiger partial charge < -0.3 is 33.8 Å². The van der Waals surface area contributed by atoms with Gasteiger partial charge in [-0.1, -0.05) is 310 Å². The summed E-state index contributed by atoms with van der Waals surface area (Å²) in [4.78, 5) is 72.4. The quantitative estimate of drug-likeness (QED) is 0.0222. The van der Waals surface area contributed by atoms with Crippen LogP contribution in [0.2, 0.25) is 0 Å². The number of phosphoric ester groups is 2. The van der Waals surface area contributed by atoms with Crippen LogP contribution in [0.4, 0.5) is 0 Å². The molecular formula is C69H134O17P2. The second kappa shape index (κ2) is 63.8. The molecule has 0 amide bonds. The topological polar surface area (TPSA) is 237 Å². The largest absolute Gasteiger partial charge is 0.472 e. The molecule has 0 spiro atoms. The Labute approximate surface area is 537 Å². The van der Waals surface area contributed by atoms with Gasteiger partial charge in [-0.05, 0) is 25.7 Å². The van der Waals surface area contributed by atoms with Crippen LogP contribution in [-0.2, 0) is 65.4 Å². The molecule has 5 atom stereocenters. The molecule has 0 radical (unpaired) electrons. The number of ether oxygens (including phenoxy) is 4. The van der Waals surface area contributed by atoms with Crippen LogP contribution >= 0.6 is 15.6 Å². The van der Waals surface area contributed by atoms with Gasteiger partial charge in [0.15, 0.2) is 12.2 Å². The Morgan fingerprint density at radius 2 is 0.455 bits per heavy atom. The van der Waals surface area contributed by atoms with Gasteiger partial charge in [0.1, 0.15) is 19.3 Å². The number of phosphoric acid groups is 2. The highest BCUT2D eigenvalue weighted by Crippen LogP contribution is 2.45. The molecule has 0 fully saturated rings. The Hall–Kier alpha value is -1.94. The molecule has 17 nitrogen and oxygen atoms in total. The van der Waals surface area contributed by atoms with Gasteiger partial charge in [-0.3, -0.25) is 37.3 Å². The summed E-state index contributed by atoms with van der Waals surface area (Å²) in [5.41, 5.74) is 0. The van der Waals surface area contributed by atoms with Crippen LogP contribution in [0.1, 0.15) is 362 Å². The number of aliphatic hydroxyl groups is 1. The van der Waals surface area contributed by atoms with E-state index in [0.29, 0.717) is 25.7 Å². The lowest BCUT2D eigenvalue weighted by Gasteiger charge is -2.21. The lowest BCUT2D eigenvalue weighted by molar-refractivity contribution is -0.161. The van der Waals surface area contributed by atoms with Crippen molar-refractivity contribution in [2.75, 3.05) is 39.6 Å². The van der Waals surface area contributed by atoms with E-state index in [1.807, 2.05) is 0 Å². The summed E-state index contributed by atoms with van der Waals surface area (Å²) in [6, 6.07) is 0. The van der Waals surface area contributed by atoms with Crippen molar-refractivity contribution in [2.45, 2.75) is 380 Å². The number of carbonyl (C=O) groups is 4. The van der Waals surface area contributed by atoms with Crippen LogP contribution in [0.15, 0.2) is 0 Å². The number of hydrogen-bond donors (Lipinski definition) is 3. The Morgan fingerprint density at radius 3 is 0.670 bits per heavy atom. The molecule has 0 aliphatic heterocycles. The van der Waals surface area contributed by atoms with Crippen molar-refractivity contribution in [3.8, 4) is 0 Å². The van der Waals surface area contributed by atoms with Crippen LogP contribution in [0.25, 0.3) is 0 Å². The third kappa shape index (κ3) is 62.8. The van der Waals surface area contributed by atoms with Crippen molar-refractivity contribution in [3.05, 3.63) is 0 Å². The Balaban J connectivity index is 5.21. The minimum absolute atomic E-state index is 0.107. The molecule has 0 aromatic rings. The van der Waals surface area contributed by atoms with Gasteiger partial charge >= 0.3 is 39.5 Å². The molecule has 0 bridgehead atoms. The van der Waals surface area contributed by atoms with Gasteiger partial charge in [-0.25, -0.2) is 9.13 Å². The molecule has 0 rings (SSSR count). The van der Waals surface area contributed by atoms with E-state index in [9.17, 15) is 43.2 Å². The minimum atomic E-state index is -4.95. The summed E-state index contributed by atoms with van der Waals surface area (Å²) in [7, 11) is -9.89.